The maximum Gasteiger partial charge on any atom is 0.366 e. The molecule has 0 aliphatic rings. The molecule has 8 heteroatoms. The average molecular weight is 423 g/mol. The molecule has 0 spiro atoms. The van der Waals surface area contributed by atoms with Crippen LogP contribution in [0.5, 0.6) is 0 Å². The quantitative estimate of drug-likeness (QED) is 0.534. The zero-order valence-corrected chi connectivity index (χ0v) is 17.6. The highest BCUT2D eigenvalue weighted by Crippen LogP contribution is 2.32. The van der Waals surface area contributed by atoms with Crippen molar-refractivity contribution in [1.82, 2.24) is 5.16 Å². The predicted molar refractivity (Wildman–Crippen MR) is 116 cm³/mol. The molecule has 2 aromatic carbocycles. The van der Waals surface area contributed by atoms with Crippen LogP contribution in [0.15, 0.2) is 57.8 Å². The zero-order valence-electron chi connectivity index (χ0n) is 17.6. The van der Waals surface area contributed by atoms with E-state index in [1.165, 1.54) is 6.07 Å². The maximum absolute atomic E-state index is 13.2. The molecule has 3 rings (SSSR count). The number of hydrogen-bond donors (Lipinski definition) is 3. The summed E-state index contributed by atoms with van der Waals surface area (Å²) >= 11 is 0. The molecule has 0 saturated carbocycles. The van der Waals surface area contributed by atoms with Gasteiger partial charge in [0.2, 0.25) is 5.91 Å². The third kappa shape index (κ3) is 4.80. The lowest BCUT2D eigenvalue weighted by molar-refractivity contribution is -0.141. The number of nitrogens with two attached hydrogens (primary N) is 1. The Hall–Kier alpha value is -3.52. The topological polar surface area (TPSA) is 136 Å². The number of hydrogen-bond acceptors (Lipinski definition) is 6. The van der Waals surface area contributed by atoms with Gasteiger partial charge in [0.05, 0.1) is 11.1 Å². The average Bonchev–Trinajstić information content (AvgIpc) is 2.71. The first-order valence-corrected chi connectivity index (χ1v) is 9.80. The second-order valence-corrected chi connectivity index (χ2v) is 8.39. The fraction of sp³-hybridized carbons (Fsp3) is 0.304. The molecule has 2 amide bonds. The van der Waals surface area contributed by atoms with Crippen LogP contribution in [0.1, 0.15) is 31.5 Å². The fourth-order valence-corrected chi connectivity index (χ4v) is 3.53. The SMILES string of the molecule is Cc1noc(=O)c2ccc(NC(=O)C(O)(Cc3ccccc3)CC(C)(C)C(N)=O)cc12. The number of nitrogens with zero attached hydrogens (tertiary/aromatic N) is 1. The molecular formula is C23H25N3O5. The van der Waals surface area contributed by atoms with Crippen LogP contribution in [0.2, 0.25) is 0 Å². The molecule has 1 unspecified atom stereocenters. The summed E-state index contributed by atoms with van der Waals surface area (Å²) in [5.74, 6) is -1.30. The second kappa shape index (κ2) is 8.31. The van der Waals surface area contributed by atoms with E-state index in [1.54, 1.807) is 57.2 Å². The van der Waals surface area contributed by atoms with Crippen LogP contribution in [0, 0.1) is 12.3 Å². The van der Waals surface area contributed by atoms with Crippen LogP contribution < -0.4 is 16.7 Å². The summed E-state index contributed by atoms with van der Waals surface area (Å²) in [5, 5.41) is 18.7. The minimum absolute atomic E-state index is 0.00582. The van der Waals surface area contributed by atoms with Crippen molar-refractivity contribution in [1.29, 1.82) is 0 Å². The van der Waals surface area contributed by atoms with Crippen LogP contribution in [-0.2, 0) is 16.0 Å². The molecule has 8 nitrogen and oxygen atoms in total. The zero-order chi connectivity index (χ0) is 22.8. The molecule has 1 atom stereocenters. The van der Waals surface area contributed by atoms with E-state index < -0.39 is 28.5 Å². The van der Waals surface area contributed by atoms with Crippen LogP contribution >= 0.6 is 0 Å². The number of benzene rings is 2. The normalized spacial score (nSPS) is 13.5. The molecule has 0 bridgehead atoms. The molecule has 1 aromatic heterocycles. The summed E-state index contributed by atoms with van der Waals surface area (Å²) in [4.78, 5) is 36.9. The van der Waals surface area contributed by atoms with E-state index in [1.807, 2.05) is 6.07 Å². The number of fused-ring (bicyclic) bond motifs is 1. The lowest BCUT2D eigenvalue weighted by Gasteiger charge is -2.33. The highest BCUT2D eigenvalue weighted by Gasteiger charge is 2.43. The summed E-state index contributed by atoms with van der Waals surface area (Å²) in [6.45, 7) is 4.85. The Morgan fingerprint density at radius 2 is 1.81 bits per heavy atom. The highest BCUT2D eigenvalue weighted by molar-refractivity contribution is 6.00. The predicted octanol–water partition coefficient (Wildman–Crippen LogP) is 2.31. The molecule has 1 heterocycles. The first-order valence-electron chi connectivity index (χ1n) is 9.80. The monoisotopic (exact) mass is 423 g/mol. The number of aryl methyl sites for hydroxylation is 1. The van der Waals surface area contributed by atoms with Crippen molar-refractivity contribution in [3.05, 3.63) is 70.2 Å². The minimum Gasteiger partial charge on any atom is -0.380 e. The van der Waals surface area contributed by atoms with Gasteiger partial charge in [0.25, 0.3) is 5.91 Å². The molecule has 0 saturated heterocycles. The highest BCUT2D eigenvalue weighted by atomic mass is 16.5. The number of nitrogens with one attached hydrogen (secondary N) is 1. The van der Waals surface area contributed by atoms with Gasteiger partial charge < -0.3 is 20.7 Å². The number of aromatic nitrogens is 1. The number of amides is 2. The van der Waals surface area contributed by atoms with Crippen molar-refractivity contribution in [3.8, 4) is 0 Å². The molecule has 0 radical (unpaired) electrons. The number of anilines is 1. The number of aliphatic hydroxyl groups is 1. The van der Waals surface area contributed by atoms with E-state index >= 15 is 0 Å². The number of rotatable bonds is 7. The molecule has 0 aliphatic heterocycles. The van der Waals surface area contributed by atoms with Crippen LogP contribution in [0.4, 0.5) is 5.69 Å². The number of carbonyl (C=O) groups is 2. The Balaban J connectivity index is 1.96. The van der Waals surface area contributed by atoms with Crippen molar-refractivity contribution in [2.75, 3.05) is 5.32 Å². The van der Waals surface area contributed by atoms with Gasteiger partial charge in [-0.15, -0.1) is 0 Å². The Morgan fingerprint density at radius 1 is 1.13 bits per heavy atom. The van der Waals surface area contributed by atoms with E-state index in [0.717, 1.165) is 5.56 Å². The van der Waals surface area contributed by atoms with Gasteiger partial charge >= 0.3 is 5.63 Å². The molecule has 4 N–H and O–H groups in total. The summed E-state index contributed by atoms with van der Waals surface area (Å²) in [6.07, 6.45) is -0.179. The van der Waals surface area contributed by atoms with E-state index in [4.69, 9.17) is 10.3 Å². The second-order valence-electron chi connectivity index (χ2n) is 8.39. The fourth-order valence-electron chi connectivity index (χ4n) is 3.53. The lowest BCUT2D eigenvalue weighted by atomic mass is 9.76. The van der Waals surface area contributed by atoms with Gasteiger partial charge in [0.1, 0.15) is 5.60 Å². The third-order valence-electron chi connectivity index (χ3n) is 5.32. The Labute approximate surface area is 179 Å². The standard InChI is InChI=1S/C23H25N3O5/c1-14-18-11-16(9-10-17(18)19(27)31-26-14)25-21(29)23(30,13-22(2,3)20(24)28)12-15-7-5-4-6-8-15/h4-11,30H,12-13H2,1-3H3,(H2,24,28)(H,25,29). The Bertz CT molecular complexity index is 1190. The van der Waals surface area contributed by atoms with E-state index in [9.17, 15) is 19.5 Å². The van der Waals surface area contributed by atoms with Crippen molar-refractivity contribution in [3.63, 3.8) is 0 Å². The van der Waals surface area contributed by atoms with Crippen LogP contribution in [-0.4, -0.2) is 27.7 Å². The minimum atomic E-state index is -1.90. The molecule has 31 heavy (non-hydrogen) atoms. The first kappa shape index (κ1) is 22.2. The Morgan fingerprint density at radius 3 is 2.45 bits per heavy atom. The van der Waals surface area contributed by atoms with Gasteiger partial charge in [-0.2, -0.15) is 0 Å². The smallest absolute Gasteiger partial charge is 0.366 e. The van der Waals surface area contributed by atoms with Gasteiger partial charge in [0.15, 0.2) is 0 Å². The summed E-state index contributed by atoms with van der Waals surface area (Å²) in [6, 6.07) is 13.7. The molecular weight excluding hydrogens is 398 g/mol. The largest absolute Gasteiger partial charge is 0.380 e. The van der Waals surface area contributed by atoms with Crippen molar-refractivity contribution >= 4 is 28.3 Å². The van der Waals surface area contributed by atoms with Crippen LogP contribution in [0.25, 0.3) is 10.8 Å². The van der Waals surface area contributed by atoms with E-state index in [-0.39, 0.29) is 12.8 Å². The van der Waals surface area contributed by atoms with Crippen molar-refractivity contribution in [2.24, 2.45) is 11.1 Å². The van der Waals surface area contributed by atoms with E-state index in [0.29, 0.717) is 22.2 Å². The van der Waals surface area contributed by atoms with Crippen molar-refractivity contribution in [2.45, 2.75) is 39.2 Å². The van der Waals surface area contributed by atoms with Gasteiger partial charge in [0, 0.05) is 22.9 Å². The van der Waals surface area contributed by atoms with E-state index in [2.05, 4.69) is 10.5 Å². The number of carbonyl (C=O) groups excluding carboxylic acids is 2. The first-order chi connectivity index (χ1) is 14.5. The third-order valence-corrected chi connectivity index (χ3v) is 5.32. The van der Waals surface area contributed by atoms with Gasteiger partial charge in [-0.05, 0) is 37.1 Å². The summed E-state index contributed by atoms with van der Waals surface area (Å²) in [5.41, 5.74) is 3.47. The molecule has 0 aliphatic carbocycles. The molecule has 162 valence electrons. The maximum atomic E-state index is 13.2. The molecule has 0 fully saturated rings. The van der Waals surface area contributed by atoms with Gasteiger partial charge in [-0.3, -0.25) is 9.59 Å². The lowest BCUT2D eigenvalue weighted by Crippen LogP contribution is -2.50. The summed E-state index contributed by atoms with van der Waals surface area (Å²) in [7, 11) is 0. The Kier molecular flexibility index (Phi) is 5.94. The number of primary amides is 1. The van der Waals surface area contributed by atoms with Crippen LogP contribution in [0.3, 0.4) is 0 Å². The summed E-state index contributed by atoms with van der Waals surface area (Å²) < 4.78 is 4.71. The van der Waals surface area contributed by atoms with Crippen molar-refractivity contribution < 1.29 is 19.2 Å². The van der Waals surface area contributed by atoms with Gasteiger partial charge in [-0.25, -0.2) is 4.79 Å². The van der Waals surface area contributed by atoms with Gasteiger partial charge in [-0.1, -0.05) is 49.3 Å². The molecule has 3 aromatic rings.